The zero-order valence-electron chi connectivity index (χ0n) is 15.0. The first-order chi connectivity index (χ1) is 13.3. The van der Waals surface area contributed by atoms with Crippen molar-refractivity contribution < 1.29 is 9.32 Å². The Labute approximate surface area is 162 Å². The fourth-order valence-corrected chi connectivity index (χ4v) is 3.91. The van der Waals surface area contributed by atoms with Crippen LogP contribution in [0, 0.1) is 0 Å². The van der Waals surface area contributed by atoms with Gasteiger partial charge < -0.3 is 9.42 Å². The van der Waals surface area contributed by atoms with Gasteiger partial charge >= 0.3 is 0 Å². The van der Waals surface area contributed by atoms with E-state index in [1.54, 1.807) is 11.8 Å². The highest BCUT2D eigenvalue weighted by Gasteiger charge is 2.35. The molecule has 1 amide bonds. The smallest absolute Gasteiger partial charge is 0.233 e. The van der Waals surface area contributed by atoms with Crippen LogP contribution in [0.15, 0.2) is 70.1 Å². The van der Waals surface area contributed by atoms with Crippen molar-refractivity contribution in [3.63, 3.8) is 0 Å². The first-order valence-corrected chi connectivity index (χ1v) is 10.1. The van der Waals surface area contributed by atoms with Crippen molar-refractivity contribution in [2.24, 2.45) is 0 Å². The third-order valence-electron chi connectivity index (χ3n) is 4.60. The van der Waals surface area contributed by atoms with Gasteiger partial charge in [-0.2, -0.15) is 4.98 Å². The zero-order chi connectivity index (χ0) is 18.5. The third kappa shape index (κ3) is 4.57. The van der Waals surface area contributed by atoms with E-state index in [0.717, 1.165) is 11.3 Å². The summed E-state index contributed by atoms with van der Waals surface area (Å²) in [6.07, 6.45) is 1.21. The van der Waals surface area contributed by atoms with Crippen molar-refractivity contribution in [1.82, 2.24) is 15.0 Å². The third-order valence-corrected chi connectivity index (χ3v) is 5.61. The van der Waals surface area contributed by atoms with Crippen LogP contribution < -0.4 is 0 Å². The predicted molar refractivity (Wildman–Crippen MR) is 105 cm³/mol. The molecule has 5 nitrogen and oxygen atoms in total. The van der Waals surface area contributed by atoms with Crippen LogP contribution in [0.25, 0.3) is 0 Å². The summed E-state index contributed by atoms with van der Waals surface area (Å²) in [4.78, 5) is 19.9. The molecule has 1 aliphatic heterocycles. The molecule has 0 N–H and O–H groups in total. The van der Waals surface area contributed by atoms with Crippen LogP contribution in [0.2, 0.25) is 0 Å². The van der Waals surface area contributed by atoms with Gasteiger partial charge in [0.05, 0.1) is 5.92 Å². The van der Waals surface area contributed by atoms with Gasteiger partial charge in [-0.25, -0.2) is 0 Å². The van der Waals surface area contributed by atoms with E-state index in [2.05, 4.69) is 22.3 Å². The molecule has 1 saturated heterocycles. The van der Waals surface area contributed by atoms with Gasteiger partial charge in [0.25, 0.3) is 0 Å². The lowest BCUT2D eigenvalue weighted by molar-refractivity contribution is -0.135. The van der Waals surface area contributed by atoms with Gasteiger partial charge in [0.2, 0.25) is 11.8 Å². The number of carbonyl (C=O) groups is 1. The van der Waals surface area contributed by atoms with Crippen LogP contribution >= 0.6 is 11.8 Å². The van der Waals surface area contributed by atoms with E-state index in [-0.39, 0.29) is 11.8 Å². The van der Waals surface area contributed by atoms with Crippen LogP contribution in [-0.2, 0) is 11.2 Å². The molecule has 6 heteroatoms. The molecule has 2 aromatic carbocycles. The highest BCUT2D eigenvalue weighted by atomic mass is 32.2. The second-order valence-electron chi connectivity index (χ2n) is 6.62. The first-order valence-electron chi connectivity index (χ1n) is 9.10. The average Bonchev–Trinajstić information content (AvgIpc) is 3.10. The van der Waals surface area contributed by atoms with Gasteiger partial charge in [0.15, 0.2) is 5.82 Å². The fraction of sp³-hybridized carbons (Fsp3) is 0.286. The zero-order valence-corrected chi connectivity index (χ0v) is 15.8. The summed E-state index contributed by atoms with van der Waals surface area (Å²) in [7, 11) is 0. The van der Waals surface area contributed by atoms with E-state index >= 15 is 0 Å². The Kier molecular flexibility index (Phi) is 5.53. The lowest BCUT2D eigenvalue weighted by atomic mass is 10.00. The van der Waals surface area contributed by atoms with Crippen LogP contribution in [-0.4, -0.2) is 39.8 Å². The molecule has 1 aliphatic rings. The monoisotopic (exact) mass is 379 g/mol. The molecule has 1 aromatic heterocycles. The predicted octanol–water partition coefficient (Wildman–Crippen LogP) is 3.77. The van der Waals surface area contributed by atoms with Gasteiger partial charge in [-0.1, -0.05) is 53.7 Å². The Morgan fingerprint density at radius 2 is 1.78 bits per heavy atom. The topological polar surface area (TPSA) is 59.2 Å². The van der Waals surface area contributed by atoms with E-state index in [0.29, 0.717) is 37.6 Å². The summed E-state index contributed by atoms with van der Waals surface area (Å²) in [6, 6.07) is 20.3. The number of thioether (sulfide) groups is 1. The Morgan fingerprint density at radius 1 is 1.07 bits per heavy atom. The number of carbonyl (C=O) groups excluding carboxylic acids is 1. The summed E-state index contributed by atoms with van der Waals surface area (Å²) >= 11 is 1.71. The fourth-order valence-electron chi connectivity index (χ4n) is 3.05. The number of rotatable bonds is 7. The normalized spacial score (nSPS) is 14.1. The lowest BCUT2D eigenvalue weighted by Crippen LogP contribution is -2.48. The molecule has 138 valence electrons. The number of nitrogens with zero attached hydrogens (tertiary/aromatic N) is 3. The Morgan fingerprint density at radius 3 is 2.52 bits per heavy atom. The quantitative estimate of drug-likeness (QED) is 0.585. The lowest BCUT2D eigenvalue weighted by Gasteiger charge is -2.37. The van der Waals surface area contributed by atoms with Gasteiger partial charge in [-0.05, 0) is 17.7 Å². The summed E-state index contributed by atoms with van der Waals surface area (Å²) in [5.74, 6) is 2.49. The minimum atomic E-state index is 0.160. The van der Waals surface area contributed by atoms with Gasteiger partial charge in [-0.3, -0.25) is 4.79 Å². The molecule has 0 unspecified atom stereocenters. The maximum Gasteiger partial charge on any atom is 0.233 e. The van der Waals surface area contributed by atoms with E-state index in [9.17, 15) is 4.79 Å². The average molecular weight is 379 g/mol. The van der Waals surface area contributed by atoms with Crippen LogP contribution in [0.5, 0.6) is 0 Å². The van der Waals surface area contributed by atoms with Crippen LogP contribution in [0.4, 0.5) is 0 Å². The molecule has 0 saturated carbocycles. The molecule has 3 aromatic rings. The second-order valence-corrected chi connectivity index (χ2v) is 7.79. The van der Waals surface area contributed by atoms with Crippen molar-refractivity contribution in [2.45, 2.75) is 23.7 Å². The molecule has 0 aliphatic carbocycles. The molecule has 2 heterocycles. The largest absolute Gasteiger partial charge is 0.341 e. The number of hydrogen-bond donors (Lipinski definition) is 0. The van der Waals surface area contributed by atoms with E-state index in [4.69, 9.17) is 4.52 Å². The van der Waals surface area contributed by atoms with Crippen LogP contribution in [0.1, 0.15) is 29.6 Å². The highest BCUT2D eigenvalue weighted by Crippen LogP contribution is 2.27. The first kappa shape index (κ1) is 17.8. The standard InChI is InChI=1S/C21H21N3O2S/c25-20(11-12-27-18-9-5-2-6-10-18)24-14-17(15-24)21-22-19(23-26-21)13-16-7-3-1-4-8-16/h1-10,17H,11-15H2. The maximum atomic E-state index is 12.3. The van der Waals surface area contributed by atoms with Gasteiger partial charge in [0, 0.05) is 36.6 Å². The minimum Gasteiger partial charge on any atom is -0.341 e. The molecule has 27 heavy (non-hydrogen) atoms. The summed E-state index contributed by atoms with van der Waals surface area (Å²) in [5.41, 5.74) is 1.16. The number of aromatic nitrogens is 2. The van der Waals surface area contributed by atoms with Crippen molar-refractivity contribution in [3.8, 4) is 0 Å². The van der Waals surface area contributed by atoms with Crippen molar-refractivity contribution in [3.05, 3.63) is 77.9 Å². The molecular weight excluding hydrogens is 358 g/mol. The Bertz CT molecular complexity index is 877. The highest BCUT2D eigenvalue weighted by molar-refractivity contribution is 7.99. The van der Waals surface area contributed by atoms with E-state index in [1.165, 1.54) is 4.90 Å². The number of hydrogen-bond acceptors (Lipinski definition) is 5. The molecule has 0 bridgehead atoms. The maximum absolute atomic E-state index is 12.3. The second kappa shape index (κ2) is 8.39. The van der Waals surface area contributed by atoms with Crippen LogP contribution in [0.3, 0.4) is 0 Å². The summed E-state index contributed by atoms with van der Waals surface area (Å²) < 4.78 is 5.40. The van der Waals surface area contributed by atoms with Crippen molar-refractivity contribution >= 4 is 17.7 Å². The molecule has 0 radical (unpaired) electrons. The number of amides is 1. The van der Waals surface area contributed by atoms with Gasteiger partial charge in [0.1, 0.15) is 0 Å². The Balaban J connectivity index is 1.22. The molecular formula is C21H21N3O2S. The SMILES string of the molecule is O=C(CCSc1ccccc1)N1CC(c2nc(Cc3ccccc3)no2)C1. The van der Waals surface area contributed by atoms with E-state index in [1.807, 2.05) is 53.4 Å². The molecule has 4 rings (SSSR count). The molecule has 1 fully saturated rings. The Hall–Kier alpha value is -2.60. The van der Waals surface area contributed by atoms with E-state index < -0.39 is 0 Å². The molecule has 0 atom stereocenters. The summed E-state index contributed by atoms with van der Waals surface area (Å²) in [5, 5.41) is 4.07. The van der Waals surface area contributed by atoms with Gasteiger partial charge in [-0.15, -0.1) is 11.8 Å². The van der Waals surface area contributed by atoms with Crippen molar-refractivity contribution in [2.75, 3.05) is 18.8 Å². The van der Waals surface area contributed by atoms with Crippen molar-refractivity contribution in [1.29, 1.82) is 0 Å². The minimum absolute atomic E-state index is 0.160. The number of likely N-dealkylation sites (tertiary alicyclic amines) is 1. The molecule has 0 spiro atoms. The summed E-state index contributed by atoms with van der Waals surface area (Å²) in [6.45, 7) is 1.34. The number of benzene rings is 2.